The van der Waals surface area contributed by atoms with Crippen LogP contribution in [0.3, 0.4) is 0 Å². The molecule has 1 unspecified atom stereocenters. The second-order valence-corrected chi connectivity index (χ2v) is 7.79. The van der Waals surface area contributed by atoms with E-state index in [9.17, 15) is 4.79 Å². The number of fused-ring (bicyclic) bond motifs is 1. The Hall–Kier alpha value is -3.25. The van der Waals surface area contributed by atoms with E-state index in [1.807, 2.05) is 47.4 Å². The zero-order valence-corrected chi connectivity index (χ0v) is 16.6. The molecule has 0 spiro atoms. The zero-order chi connectivity index (χ0) is 19.8. The molecule has 0 bridgehead atoms. The number of benzene rings is 2. The lowest BCUT2D eigenvalue weighted by Crippen LogP contribution is -2.28. The fraction of sp³-hybridized carbons (Fsp3) is 0.130. The van der Waals surface area contributed by atoms with Crippen molar-refractivity contribution in [2.45, 2.75) is 17.5 Å². The van der Waals surface area contributed by atoms with Gasteiger partial charge in [-0.05, 0) is 36.1 Å². The van der Waals surface area contributed by atoms with Crippen LogP contribution in [0.25, 0.3) is 11.3 Å². The molecule has 0 saturated carbocycles. The Bertz CT molecular complexity index is 1130. The molecule has 1 atom stereocenters. The van der Waals surface area contributed by atoms with Gasteiger partial charge < -0.3 is 9.32 Å². The van der Waals surface area contributed by atoms with Gasteiger partial charge in [-0.3, -0.25) is 9.89 Å². The minimum absolute atomic E-state index is 0.0648. The molecule has 6 heteroatoms. The van der Waals surface area contributed by atoms with Crippen molar-refractivity contribution in [1.29, 1.82) is 0 Å². The Morgan fingerprint density at radius 2 is 1.86 bits per heavy atom. The second-order valence-electron chi connectivity index (χ2n) is 6.92. The summed E-state index contributed by atoms with van der Waals surface area (Å²) in [6.07, 6.45) is 3.69. The van der Waals surface area contributed by atoms with Crippen LogP contribution in [-0.2, 0) is 6.54 Å². The highest BCUT2D eigenvalue weighted by Gasteiger charge is 2.42. The lowest BCUT2D eigenvalue weighted by Gasteiger charge is -2.25. The number of thioether (sulfide) groups is 1. The van der Waals surface area contributed by atoms with Gasteiger partial charge in [-0.15, -0.1) is 11.8 Å². The molecule has 5 nitrogen and oxygen atoms in total. The number of aromatic amines is 1. The van der Waals surface area contributed by atoms with Crippen molar-refractivity contribution >= 4 is 17.7 Å². The Morgan fingerprint density at radius 1 is 1.07 bits per heavy atom. The summed E-state index contributed by atoms with van der Waals surface area (Å²) in [4.78, 5) is 16.3. The summed E-state index contributed by atoms with van der Waals surface area (Å²) in [5.74, 6) is 0.688. The van der Waals surface area contributed by atoms with E-state index in [0.717, 1.165) is 28.1 Å². The zero-order valence-electron chi connectivity index (χ0n) is 15.8. The highest BCUT2D eigenvalue weighted by Crippen LogP contribution is 2.43. The Morgan fingerprint density at radius 3 is 2.55 bits per heavy atom. The Kier molecular flexibility index (Phi) is 4.48. The maximum absolute atomic E-state index is 13.3. The number of nitrogens with one attached hydrogen (secondary N) is 1. The SMILES string of the molecule is CSc1ccc(C2c3c(-c4ccccc4)n[nH]c3C(=O)N2Cc2ccco2)cc1. The number of hydrogen-bond acceptors (Lipinski definition) is 4. The van der Waals surface area contributed by atoms with Crippen LogP contribution in [0.15, 0.2) is 82.3 Å². The lowest BCUT2D eigenvalue weighted by molar-refractivity contribution is 0.0717. The summed E-state index contributed by atoms with van der Waals surface area (Å²) >= 11 is 1.70. The standard InChI is InChI=1S/C23H19N3O2S/c1-29-18-11-9-16(10-12-18)22-19-20(15-6-3-2-4-7-15)24-25-21(19)23(27)26(22)14-17-8-5-13-28-17/h2-13,22H,14H2,1H3,(H,24,25). The molecule has 0 radical (unpaired) electrons. The van der Waals surface area contributed by atoms with Crippen LogP contribution in [0.4, 0.5) is 0 Å². The first-order valence-corrected chi connectivity index (χ1v) is 10.6. The van der Waals surface area contributed by atoms with Gasteiger partial charge in [0.1, 0.15) is 11.5 Å². The first kappa shape index (κ1) is 17.8. The van der Waals surface area contributed by atoms with Crippen LogP contribution < -0.4 is 0 Å². The van der Waals surface area contributed by atoms with Gasteiger partial charge >= 0.3 is 0 Å². The summed E-state index contributed by atoms with van der Waals surface area (Å²) in [7, 11) is 0. The smallest absolute Gasteiger partial charge is 0.273 e. The van der Waals surface area contributed by atoms with Crippen molar-refractivity contribution in [3.63, 3.8) is 0 Å². The van der Waals surface area contributed by atoms with Gasteiger partial charge in [-0.2, -0.15) is 5.10 Å². The third-order valence-corrected chi connectivity index (χ3v) is 5.99. The largest absolute Gasteiger partial charge is 0.467 e. The van der Waals surface area contributed by atoms with Gasteiger partial charge in [0.15, 0.2) is 0 Å². The molecule has 2 aromatic carbocycles. The second kappa shape index (κ2) is 7.29. The summed E-state index contributed by atoms with van der Waals surface area (Å²) in [5.41, 5.74) is 4.33. The molecule has 1 N–H and O–H groups in total. The maximum Gasteiger partial charge on any atom is 0.273 e. The van der Waals surface area contributed by atoms with Crippen LogP contribution in [0.2, 0.25) is 0 Å². The predicted molar refractivity (Wildman–Crippen MR) is 113 cm³/mol. The number of nitrogens with zero attached hydrogens (tertiary/aromatic N) is 2. The predicted octanol–water partition coefficient (Wildman–Crippen LogP) is 5.14. The van der Waals surface area contributed by atoms with E-state index in [-0.39, 0.29) is 11.9 Å². The summed E-state index contributed by atoms with van der Waals surface area (Å²) in [5, 5.41) is 7.49. The number of H-pyrrole nitrogens is 1. The summed E-state index contributed by atoms with van der Waals surface area (Å²) in [6, 6.07) is 21.9. The fourth-order valence-electron chi connectivity index (χ4n) is 3.88. The van der Waals surface area contributed by atoms with Gasteiger partial charge in [0.2, 0.25) is 0 Å². The Labute approximate surface area is 172 Å². The molecule has 3 heterocycles. The molecule has 1 aliphatic rings. The first-order chi connectivity index (χ1) is 14.3. The van der Waals surface area contributed by atoms with E-state index in [4.69, 9.17) is 4.42 Å². The van der Waals surface area contributed by atoms with Gasteiger partial charge in [0.25, 0.3) is 5.91 Å². The number of furan rings is 1. The van der Waals surface area contributed by atoms with Crippen molar-refractivity contribution in [2.75, 3.05) is 6.26 Å². The van der Waals surface area contributed by atoms with Gasteiger partial charge in [0, 0.05) is 16.0 Å². The number of rotatable bonds is 5. The third-order valence-electron chi connectivity index (χ3n) is 5.25. The lowest BCUT2D eigenvalue weighted by atomic mass is 9.96. The van der Waals surface area contributed by atoms with Crippen molar-refractivity contribution < 1.29 is 9.21 Å². The van der Waals surface area contributed by atoms with Crippen LogP contribution >= 0.6 is 11.8 Å². The van der Waals surface area contributed by atoms with Crippen molar-refractivity contribution in [3.05, 3.63) is 95.6 Å². The van der Waals surface area contributed by atoms with Crippen molar-refractivity contribution in [2.24, 2.45) is 0 Å². The molecule has 0 saturated heterocycles. The van der Waals surface area contributed by atoms with Gasteiger partial charge in [0.05, 0.1) is 24.5 Å². The summed E-state index contributed by atoms with van der Waals surface area (Å²) < 4.78 is 5.53. The number of aromatic nitrogens is 2. The minimum atomic E-state index is -0.229. The summed E-state index contributed by atoms with van der Waals surface area (Å²) in [6.45, 7) is 0.400. The molecule has 5 rings (SSSR count). The third kappa shape index (κ3) is 3.06. The van der Waals surface area contributed by atoms with E-state index >= 15 is 0 Å². The van der Waals surface area contributed by atoms with E-state index in [1.165, 1.54) is 4.90 Å². The van der Waals surface area contributed by atoms with Gasteiger partial charge in [-0.1, -0.05) is 42.5 Å². The highest BCUT2D eigenvalue weighted by molar-refractivity contribution is 7.98. The van der Waals surface area contributed by atoms with Crippen LogP contribution in [0.1, 0.15) is 33.4 Å². The molecule has 144 valence electrons. The van der Waals surface area contributed by atoms with Crippen molar-refractivity contribution in [3.8, 4) is 11.3 Å². The normalized spacial score (nSPS) is 15.7. The monoisotopic (exact) mass is 401 g/mol. The van der Waals surface area contributed by atoms with Crippen LogP contribution in [0.5, 0.6) is 0 Å². The number of carbonyl (C=O) groups is 1. The number of carbonyl (C=O) groups excluding carboxylic acids is 1. The van der Waals surface area contributed by atoms with E-state index in [0.29, 0.717) is 12.2 Å². The molecule has 1 aliphatic heterocycles. The molecule has 0 aliphatic carbocycles. The quantitative estimate of drug-likeness (QED) is 0.471. The highest BCUT2D eigenvalue weighted by atomic mass is 32.2. The Balaban J connectivity index is 1.65. The van der Waals surface area contributed by atoms with Crippen LogP contribution in [-0.4, -0.2) is 27.3 Å². The van der Waals surface area contributed by atoms with E-state index < -0.39 is 0 Å². The van der Waals surface area contributed by atoms with E-state index in [1.54, 1.807) is 18.0 Å². The van der Waals surface area contributed by atoms with Crippen molar-refractivity contribution in [1.82, 2.24) is 15.1 Å². The minimum Gasteiger partial charge on any atom is -0.467 e. The number of amides is 1. The number of hydrogen-bond donors (Lipinski definition) is 1. The molecule has 4 aromatic rings. The molecule has 1 amide bonds. The average Bonchev–Trinajstić information content (AvgIpc) is 3.49. The molecule has 29 heavy (non-hydrogen) atoms. The molecular formula is C23H19N3O2S. The molecule has 2 aromatic heterocycles. The average molecular weight is 401 g/mol. The topological polar surface area (TPSA) is 62.1 Å². The molecular weight excluding hydrogens is 382 g/mol. The van der Waals surface area contributed by atoms with Gasteiger partial charge in [-0.25, -0.2) is 0 Å². The first-order valence-electron chi connectivity index (χ1n) is 9.37. The maximum atomic E-state index is 13.3. The molecule has 0 fully saturated rings. The fourth-order valence-corrected chi connectivity index (χ4v) is 4.29. The van der Waals surface area contributed by atoms with Crippen LogP contribution in [0, 0.1) is 0 Å². The van der Waals surface area contributed by atoms with E-state index in [2.05, 4.69) is 40.7 Å².